The standard InChI is InChI=1S/C12H14N2O2/c1-8-12(7-13)16-11-5-4-9(15-3)6-10(11)14(8)2/h4-6,8,12H,1-3H3. The van der Waals surface area contributed by atoms with Crippen LogP contribution < -0.4 is 14.4 Å². The fraction of sp³-hybridized carbons (Fsp3) is 0.417. The van der Waals surface area contributed by atoms with Gasteiger partial charge in [0.1, 0.15) is 17.6 Å². The van der Waals surface area contributed by atoms with Gasteiger partial charge in [0.05, 0.1) is 18.8 Å². The summed E-state index contributed by atoms with van der Waals surface area (Å²) in [5.74, 6) is 1.52. The lowest BCUT2D eigenvalue weighted by molar-refractivity contribution is 0.211. The van der Waals surface area contributed by atoms with Crippen LogP contribution in [0.2, 0.25) is 0 Å². The summed E-state index contributed by atoms with van der Waals surface area (Å²) in [6.45, 7) is 1.97. The lowest BCUT2D eigenvalue weighted by Crippen LogP contribution is -2.45. The second-order valence-electron chi connectivity index (χ2n) is 3.85. The molecular weight excluding hydrogens is 204 g/mol. The number of likely N-dealkylation sites (N-methyl/N-ethyl adjacent to an activating group) is 1. The predicted octanol–water partition coefficient (Wildman–Crippen LogP) is 1.80. The molecule has 0 saturated heterocycles. The zero-order chi connectivity index (χ0) is 11.7. The van der Waals surface area contributed by atoms with E-state index in [0.29, 0.717) is 0 Å². The number of nitriles is 1. The quantitative estimate of drug-likeness (QED) is 0.721. The molecule has 0 aliphatic carbocycles. The van der Waals surface area contributed by atoms with E-state index in [1.165, 1.54) is 0 Å². The average molecular weight is 218 g/mol. The zero-order valence-corrected chi connectivity index (χ0v) is 9.60. The van der Waals surface area contributed by atoms with Gasteiger partial charge in [0.25, 0.3) is 0 Å². The number of rotatable bonds is 1. The molecule has 4 nitrogen and oxygen atoms in total. The highest BCUT2D eigenvalue weighted by Gasteiger charge is 2.30. The Hall–Kier alpha value is -1.89. The first kappa shape index (κ1) is 10.6. The monoisotopic (exact) mass is 218 g/mol. The molecule has 2 unspecified atom stereocenters. The molecule has 1 heterocycles. The zero-order valence-electron chi connectivity index (χ0n) is 9.60. The Balaban J connectivity index is 2.43. The molecule has 0 amide bonds. The van der Waals surface area contributed by atoms with Gasteiger partial charge < -0.3 is 14.4 Å². The first-order chi connectivity index (χ1) is 7.67. The van der Waals surface area contributed by atoms with Gasteiger partial charge in [-0.3, -0.25) is 0 Å². The van der Waals surface area contributed by atoms with Crippen molar-refractivity contribution in [2.24, 2.45) is 0 Å². The topological polar surface area (TPSA) is 45.5 Å². The molecule has 4 heteroatoms. The van der Waals surface area contributed by atoms with Gasteiger partial charge in [0, 0.05) is 13.1 Å². The van der Waals surface area contributed by atoms with Crippen LogP contribution in [0.1, 0.15) is 6.92 Å². The smallest absolute Gasteiger partial charge is 0.204 e. The third kappa shape index (κ3) is 1.54. The molecule has 16 heavy (non-hydrogen) atoms. The number of benzene rings is 1. The summed E-state index contributed by atoms with van der Waals surface area (Å²) in [7, 11) is 3.59. The average Bonchev–Trinajstić information content (AvgIpc) is 2.33. The van der Waals surface area contributed by atoms with Gasteiger partial charge >= 0.3 is 0 Å². The van der Waals surface area contributed by atoms with Gasteiger partial charge in [-0.05, 0) is 19.1 Å². The molecule has 0 fully saturated rings. The highest BCUT2D eigenvalue weighted by atomic mass is 16.5. The van der Waals surface area contributed by atoms with Crippen molar-refractivity contribution in [3.8, 4) is 17.6 Å². The fourth-order valence-electron chi connectivity index (χ4n) is 1.79. The molecule has 1 aromatic rings. The second kappa shape index (κ2) is 3.93. The van der Waals surface area contributed by atoms with Crippen molar-refractivity contribution in [1.29, 1.82) is 5.26 Å². The van der Waals surface area contributed by atoms with E-state index < -0.39 is 6.10 Å². The SMILES string of the molecule is COc1ccc2c(c1)N(C)C(C)C(C#N)O2. The van der Waals surface area contributed by atoms with Crippen LogP contribution in [0.5, 0.6) is 11.5 Å². The molecule has 0 aromatic heterocycles. The lowest BCUT2D eigenvalue weighted by Gasteiger charge is -2.36. The van der Waals surface area contributed by atoms with Crippen molar-refractivity contribution in [2.75, 3.05) is 19.1 Å². The lowest BCUT2D eigenvalue weighted by atomic mass is 10.1. The number of ether oxygens (including phenoxy) is 2. The number of methoxy groups -OCH3 is 1. The highest BCUT2D eigenvalue weighted by molar-refractivity contribution is 5.63. The number of nitrogens with zero attached hydrogens (tertiary/aromatic N) is 2. The third-order valence-electron chi connectivity index (χ3n) is 2.98. The molecule has 1 aromatic carbocycles. The fourth-order valence-corrected chi connectivity index (χ4v) is 1.79. The second-order valence-corrected chi connectivity index (χ2v) is 3.85. The van der Waals surface area contributed by atoms with E-state index in [1.807, 2.05) is 37.1 Å². The van der Waals surface area contributed by atoms with Gasteiger partial charge in [-0.25, -0.2) is 0 Å². The molecule has 1 aliphatic rings. The summed E-state index contributed by atoms with van der Waals surface area (Å²) in [4.78, 5) is 2.04. The van der Waals surface area contributed by atoms with Gasteiger partial charge in [-0.2, -0.15) is 5.26 Å². The molecule has 1 aliphatic heterocycles. The molecule has 0 N–H and O–H groups in total. The van der Waals surface area contributed by atoms with Gasteiger partial charge in [0.15, 0.2) is 0 Å². The van der Waals surface area contributed by atoms with Gasteiger partial charge in [0.2, 0.25) is 6.10 Å². The minimum Gasteiger partial charge on any atom is -0.497 e. The normalized spacial score (nSPS) is 23.0. The van der Waals surface area contributed by atoms with Crippen LogP contribution in [0.15, 0.2) is 18.2 Å². The Morgan fingerprint density at radius 1 is 1.50 bits per heavy atom. The summed E-state index contributed by atoms with van der Waals surface area (Å²) in [6, 6.07) is 7.77. The van der Waals surface area contributed by atoms with Crippen molar-refractivity contribution in [1.82, 2.24) is 0 Å². The summed E-state index contributed by atoms with van der Waals surface area (Å²) in [6.07, 6.45) is -0.425. The molecule has 0 spiro atoms. The van der Waals surface area contributed by atoms with E-state index in [2.05, 4.69) is 6.07 Å². The van der Waals surface area contributed by atoms with Crippen molar-refractivity contribution >= 4 is 5.69 Å². The summed E-state index contributed by atoms with van der Waals surface area (Å²) in [5.41, 5.74) is 0.957. The molecule has 0 radical (unpaired) electrons. The summed E-state index contributed by atoms with van der Waals surface area (Å²) < 4.78 is 10.8. The van der Waals surface area contributed by atoms with Gasteiger partial charge in [-0.1, -0.05) is 0 Å². The van der Waals surface area contributed by atoms with Crippen LogP contribution in [-0.2, 0) is 0 Å². The predicted molar refractivity (Wildman–Crippen MR) is 60.9 cm³/mol. The minimum absolute atomic E-state index is 0.0320. The van der Waals surface area contributed by atoms with Gasteiger partial charge in [-0.15, -0.1) is 0 Å². The summed E-state index contributed by atoms with van der Waals surface area (Å²) in [5, 5.41) is 8.98. The van der Waals surface area contributed by atoms with E-state index in [9.17, 15) is 0 Å². The van der Waals surface area contributed by atoms with Crippen LogP contribution in [0.25, 0.3) is 0 Å². The molecule has 0 saturated carbocycles. The van der Waals surface area contributed by atoms with Crippen molar-refractivity contribution in [2.45, 2.75) is 19.1 Å². The third-order valence-corrected chi connectivity index (χ3v) is 2.98. The number of hydrogen-bond donors (Lipinski definition) is 0. The van der Waals surface area contributed by atoms with E-state index in [1.54, 1.807) is 7.11 Å². The van der Waals surface area contributed by atoms with Crippen molar-refractivity contribution < 1.29 is 9.47 Å². The van der Waals surface area contributed by atoms with E-state index in [-0.39, 0.29) is 6.04 Å². The Bertz CT molecular complexity index is 439. The van der Waals surface area contributed by atoms with Crippen LogP contribution in [0.4, 0.5) is 5.69 Å². The summed E-state index contributed by atoms with van der Waals surface area (Å²) >= 11 is 0. The van der Waals surface area contributed by atoms with Crippen LogP contribution >= 0.6 is 0 Å². The highest BCUT2D eigenvalue weighted by Crippen LogP contribution is 2.37. The maximum absolute atomic E-state index is 8.98. The molecule has 84 valence electrons. The van der Waals surface area contributed by atoms with E-state index in [4.69, 9.17) is 14.7 Å². The van der Waals surface area contributed by atoms with Crippen molar-refractivity contribution in [3.05, 3.63) is 18.2 Å². The van der Waals surface area contributed by atoms with Crippen LogP contribution in [0.3, 0.4) is 0 Å². The van der Waals surface area contributed by atoms with Crippen LogP contribution in [0, 0.1) is 11.3 Å². The number of hydrogen-bond acceptors (Lipinski definition) is 4. The molecule has 2 rings (SSSR count). The molecular formula is C12H14N2O2. The Kier molecular flexibility index (Phi) is 2.61. The van der Waals surface area contributed by atoms with E-state index in [0.717, 1.165) is 17.2 Å². The maximum Gasteiger partial charge on any atom is 0.204 e. The Morgan fingerprint density at radius 3 is 2.88 bits per heavy atom. The first-order valence-corrected chi connectivity index (χ1v) is 5.14. The van der Waals surface area contributed by atoms with Crippen LogP contribution in [-0.4, -0.2) is 26.3 Å². The number of anilines is 1. The largest absolute Gasteiger partial charge is 0.497 e. The number of fused-ring (bicyclic) bond motifs is 1. The minimum atomic E-state index is -0.425. The van der Waals surface area contributed by atoms with Crippen molar-refractivity contribution in [3.63, 3.8) is 0 Å². The Morgan fingerprint density at radius 2 is 2.25 bits per heavy atom. The molecule has 2 atom stereocenters. The first-order valence-electron chi connectivity index (χ1n) is 5.14. The molecule has 0 bridgehead atoms. The van der Waals surface area contributed by atoms with E-state index >= 15 is 0 Å². The Labute approximate surface area is 95.0 Å². The maximum atomic E-state index is 8.98.